The lowest BCUT2D eigenvalue weighted by molar-refractivity contribution is -0.276. The lowest BCUT2D eigenvalue weighted by atomic mass is 9.89. The number of aliphatic hydroxyl groups excluding tert-OH is 2. The summed E-state index contributed by atoms with van der Waals surface area (Å²) in [5, 5.41) is 32.3. The SMILES string of the molecule is C[C@@H]1[C@H](CN(C)[C@@H](C)[C@H](O)c2ccccc2)O[C@H](c2ccc(-c3cccc(CNC(=O)CCC(=O)O)c3)cc2)O[C@@H]1c1ccc(CO)cc1. The highest BCUT2D eigenvalue weighted by atomic mass is 16.7. The maximum absolute atomic E-state index is 12.0. The first kappa shape index (κ1) is 35.9. The van der Waals surface area contributed by atoms with Crippen LogP contribution in [0.2, 0.25) is 0 Å². The second-order valence-electron chi connectivity index (χ2n) is 12.9. The number of aliphatic carboxylic acids is 1. The zero-order valence-electron chi connectivity index (χ0n) is 28.2. The van der Waals surface area contributed by atoms with Gasteiger partial charge >= 0.3 is 5.97 Å². The standard InChI is InChI=1S/C40H46N2O7/c1-26-35(24-42(3)27(2)38(47)31-9-5-4-6-10-31)48-40(49-39(26)32-14-12-28(25-43)13-15-32)33-18-16-30(17-19-33)34-11-7-8-29(22-34)23-41-36(44)20-21-37(45)46/h4-19,22,26-27,35,38-40,43,47H,20-21,23-25H2,1-3H3,(H,41,44)(H,45,46)/t26-,27+,35+,38+,39+,40+/m1/s1. The van der Waals surface area contributed by atoms with E-state index >= 15 is 0 Å². The normalized spacial score (nSPS) is 20.4. The number of amides is 1. The Balaban J connectivity index is 1.32. The molecule has 1 amide bonds. The van der Waals surface area contributed by atoms with Crippen molar-refractivity contribution in [3.63, 3.8) is 0 Å². The molecule has 0 spiro atoms. The molecule has 0 radical (unpaired) electrons. The van der Waals surface area contributed by atoms with E-state index in [0.29, 0.717) is 13.1 Å². The van der Waals surface area contributed by atoms with Crippen LogP contribution in [-0.4, -0.2) is 57.8 Å². The molecule has 4 N–H and O–H groups in total. The maximum Gasteiger partial charge on any atom is 0.303 e. The van der Waals surface area contributed by atoms with Crippen molar-refractivity contribution in [3.05, 3.63) is 131 Å². The molecular weight excluding hydrogens is 620 g/mol. The van der Waals surface area contributed by atoms with Crippen LogP contribution in [0.1, 0.15) is 73.0 Å². The van der Waals surface area contributed by atoms with Crippen LogP contribution in [0.5, 0.6) is 0 Å². The minimum absolute atomic E-state index is 0.00798. The van der Waals surface area contributed by atoms with E-state index in [1.54, 1.807) is 0 Å². The van der Waals surface area contributed by atoms with Gasteiger partial charge in [-0.2, -0.15) is 0 Å². The fraction of sp³-hybridized carbons (Fsp3) is 0.350. The summed E-state index contributed by atoms with van der Waals surface area (Å²) in [6.45, 7) is 5.01. The summed E-state index contributed by atoms with van der Waals surface area (Å²) >= 11 is 0. The summed E-state index contributed by atoms with van der Waals surface area (Å²) in [5.74, 6) is -1.30. The molecule has 6 atom stereocenters. The fourth-order valence-electron chi connectivity index (χ4n) is 6.15. The molecule has 4 aromatic rings. The predicted molar refractivity (Wildman–Crippen MR) is 187 cm³/mol. The van der Waals surface area contributed by atoms with Crippen LogP contribution in [0, 0.1) is 5.92 Å². The molecule has 0 bridgehead atoms. The van der Waals surface area contributed by atoms with Gasteiger partial charge < -0.3 is 30.1 Å². The molecule has 0 aliphatic carbocycles. The van der Waals surface area contributed by atoms with Crippen LogP contribution in [0.25, 0.3) is 11.1 Å². The van der Waals surface area contributed by atoms with Gasteiger partial charge in [-0.15, -0.1) is 0 Å². The van der Waals surface area contributed by atoms with E-state index in [1.807, 2.05) is 117 Å². The van der Waals surface area contributed by atoms with Crippen molar-refractivity contribution < 1.29 is 34.4 Å². The zero-order valence-corrected chi connectivity index (χ0v) is 28.2. The van der Waals surface area contributed by atoms with Crippen molar-refractivity contribution in [1.29, 1.82) is 0 Å². The average molecular weight is 667 g/mol. The molecule has 1 aliphatic rings. The Kier molecular flexibility index (Phi) is 12.3. The molecule has 1 fully saturated rings. The van der Waals surface area contributed by atoms with Crippen LogP contribution in [-0.2, 0) is 32.2 Å². The molecule has 1 heterocycles. The van der Waals surface area contributed by atoms with E-state index in [-0.39, 0.29) is 49.5 Å². The van der Waals surface area contributed by atoms with Gasteiger partial charge in [-0.05, 0) is 53.4 Å². The largest absolute Gasteiger partial charge is 0.481 e. The summed E-state index contributed by atoms with van der Waals surface area (Å²) in [6.07, 6.45) is -2.01. The van der Waals surface area contributed by atoms with Crippen molar-refractivity contribution in [1.82, 2.24) is 10.2 Å². The van der Waals surface area contributed by atoms with Crippen LogP contribution in [0.15, 0.2) is 103 Å². The van der Waals surface area contributed by atoms with E-state index in [2.05, 4.69) is 17.1 Å². The van der Waals surface area contributed by atoms with Gasteiger partial charge in [0.2, 0.25) is 5.91 Å². The van der Waals surface area contributed by atoms with Gasteiger partial charge in [-0.25, -0.2) is 0 Å². The Hall–Kier alpha value is -4.38. The number of benzene rings is 4. The van der Waals surface area contributed by atoms with E-state index in [1.165, 1.54) is 0 Å². The van der Waals surface area contributed by atoms with Gasteiger partial charge in [0, 0.05) is 37.0 Å². The topological polar surface area (TPSA) is 129 Å². The number of nitrogens with one attached hydrogen (secondary N) is 1. The van der Waals surface area contributed by atoms with Crippen molar-refractivity contribution in [2.45, 2.75) is 70.5 Å². The van der Waals surface area contributed by atoms with Crippen molar-refractivity contribution in [3.8, 4) is 11.1 Å². The number of hydrogen-bond donors (Lipinski definition) is 4. The molecule has 1 aliphatic heterocycles. The number of carbonyl (C=O) groups excluding carboxylic acids is 1. The Morgan fingerprint density at radius 2 is 1.53 bits per heavy atom. The second kappa shape index (κ2) is 16.8. The first-order valence-electron chi connectivity index (χ1n) is 16.7. The maximum atomic E-state index is 12.0. The molecule has 9 heteroatoms. The van der Waals surface area contributed by atoms with Gasteiger partial charge in [-0.1, -0.05) is 104 Å². The van der Waals surface area contributed by atoms with E-state index in [4.69, 9.17) is 14.6 Å². The monoisotopic (exact) mass is 666 g/mol. The second-order valence-corrected chi connectivity index (χ2v) is 12.9. The van der Waals surface area contributed by atoms with E-state index in [9.17, 15) is 19.8 Å². The first-order chi connectivity index (χ1) is 23.6. The number of carbonyl (C=O) groups is 2. The molecule has 258 valence electrons. The molecular formula is C40H46N2O7. The van der Waals surface area contributed by atoms with Gasteiger partial charge in [-0.3, -0.25) is 14.5 Å². The summed E-state index contributed by atoms with van der Waals surface area (Å²) in [4.78, 5) is 24.9. The van der Waals surface area contributed by atoms with Gasteiger partial charge in [0.25, 0.3) is 0 Å². The Labute approximate surface area is 288 Å². The van der Waals surface area contributed by atoms with Crippen LogP contribution >= 0.6 is 0 Å². The number of hydrogen-bond acceptors (Lipinski definition) is 7. The Morgan fingerprint density at radius 1 is 0.837 bits per heavy atom. The molecule has 49 heavy (non-hydrogen) atoms. The third kappa shape index (κ3) is 9.41. The van der Waals surface area contributed by atoms with E-state index in [0.717, 1.165) is 38.9 Å². The Morgan fingerprint density at radius 3 is 2.20 bits per heavy atom. The lowest BCUT2D eigenvalue weighted by Crippen LogP contribution is -2.46. The molecule has 4 aromatic carbocycles. The highest BCUT2D eigenvalue weighted by Gasteiger charge is 2.39. The number of likely N-dealkylation sites (N-methyl/N-ethyl adjacent to an activating group) is 1. The average Bonchev–Trinajstić information content (AvgIpc) is 3.13. The first-order valence-corrected chi connectivity index (χ1v) is 16.7. The van der Waals surface area contributed by atoms with E-state index < -0.39 is 18.4 Å². The molecule has 0 saturated carbocycles. The molecule has 0 aromatic heterocycles. The molecule has 9 nitrogen and oxygen atoms in total. The predicted octanol–water partition coefficient (Wildman–Crippen LogP) is 6.17. The van der Waals surface area contributed by atoms with Crippen molar-refractivity contribution in [2.75, 3.05) is 13.6 Å². The lowest BCUT2D eigenvalue weighted by Gasteiger charge is -2.43. The van der Waals surface area contributed by atoms with Crippen LogP contribution < -0.4 is 5.32 Å². The van der Waals surface area contributed by atoms with Gasteiger partial charge in [0.05, 0.1) is 31.3 Å². The number of ether oxygens (including phenoxy) is 2. The quantitative estimate of drug-likeness (QED) is 0.126. The van der Waals surface area contributed by atoms with Crippen LogP contribution in [0.4, 0.5) is 0 Å². The zero-order chi connectivity index (χ0) is 34.9. The number of aliphatic hydroxyl groups is 2. The number of carboxylic acids is 1. The van der Waals surface area contributed by atoms with Crippen LogP contribution in [0.3, 0.4) is 0 Å². The van der Waals surface area contributed by atoms with Crippen molar-refractivity contribution in [2.24, 2.45) is 5.92 Å². The fourth-order valence-corrected chi connectivity index (χ4v) is 6.15. The number of nitrogens with zero attached hydrogens (tertiary/aromatic N) is 1. The minimum atomic E-state index is -0.998. The summed E-state index contributed by atoms with van der Waals surface area (Å²) in [5.41, 5.74) is 6.46. The summed E-state index contributed by atoms with van der Waals surface area (Å²) < 4.78 is 13.3. The van der Waals surface area contributed by atoms with Gasteiger partial charge in [0.1, 0.15) is 0 Å². The minimum Gasteiger partial charge on any atom is -0.481 e. The molecule has 0 unspecified atom stereocenters. The van der Waals surface area contributed by atoms with Gasteiger partial charge in [0.15, 0.2) is 6.29 Å². The summed E-state index contributed by atoms with van der Waals surface area (Å²) in [6, 6.07) is 33.3. The third-order valence-electron chi connectivity index (χ3n) is 9.38. The number of carboxylic acid groups (broad SMARTS) is 1. The highest BCUT2D eigenvalue weighted by molar-refractivity contribution is 5.80. The third-order valence-corrected chi connectivity index (χ3v) is 9.38. The molecule has 5 rings (SSSR count). The highest BCUT2D eigenvalue weighted by Crippen LogP contribution is 2.42. The summed E-state index contributed by atoms with van der Waals surface area (Å²) in [7, 11) is 2.01. The molecule has 1 saturated heterocycles. The van der Waals surface area contributed by atoms with Crippen molar-refractivity contribution >= 4 is 11.9 Å². The smallest absolute Gasteiger partial charge is 0.303 e. The number of rotatable bonds is 14. The Bertz CT molecular complexity index is 1660.